The van der Waals surface area contributed by atoms with E-state index in [1.54, 1.807) is 0 Å². The second-order valence-electron chi connectivity index (χ2n) is 3.64. The van der Waals surface area contributed by atoms with Gasteiger partial charge in [-0.05, 0) is 0 Å². The Labute approximate surface area is 122 Å². The van der Waals surface area contributed by atoms with Crippen LogP contribution in [0, 0.1) is 0 Å². The van der Waals surface area contributed by atoms with E-state index in [1.807, 2.05) is 0 Å². The van der Waals surface area contributed by atoms with Crippen LogP contribution >= 0.6 is 23.5 Å². The third-order valence-electron chi connectivity index (χ3n) is 2.34. The molecule has 0 bridgehead atoms. The third kappa shape index (κ3) is 6.14. The SMILES string of the molecule is C=COC(=O)SCC1CCC(CSC(=O)C=C)[Se]1. The van der Waals surface area contributed by atoms with Crippen molar-refractivity contribution in [1.82, 2.24) is 0 Å². The topological polar surface area (TPSA) is 43.4 Å². The van der Waals surface area contributed by atoms with Crippen LogP contribution in [0.1, 0.15) is 12.8 Å². The van der Waals surface area contributed by atoms with Gasteiger partial charge >= 0.3 is 123 Å². The number of carbonyl (C=O) groups is 2. The number of ether oxygens (including phenoxy) is 1. The van der Waals surface area contributed by atoms with E-state index in [-0.39, 0.29) is 10.4 Å². The van der Waals surface area contributed by atoms with E-state index < -0.39 is 0 Å². The summed E-state index contributed by atoms with van der Waals surface area (Å²) in [5, 5.41) is -0.223. The van der Waals surface area contributed by atoms with Crippen LogP contribution in [0.2, 0.25) is 9.63 Å². The molecule has 1 aliphatic heterocycles. The van der Waals surface area contributed by atoms with Gasteiger partial charge < -0.3 is 0 Å². The summed E-state index contributed by atoms with van der Waals surface area (Å²) >= 11 is 3.09. The van der Waals surface area contributed by atoms with Gasteiger partial charge in [0.05, 0.1) is 0 Å². The van der Waals surface area contributed by atoms with Gasteiger partial charge in [0.15, 0.2) is 0 Å². The van der Waals surface area contributed by atoms with Crippen LogP contribution in [0.4, 0.5) is 4.79 Å². The number of hydrogen-bond acceptors (Lipinski definition) is 5. The second kappa shape index (κ2) is 8.86. The first-order valence-corrected chi connectivity index (χ1v) is 9.49. The van der Waals surface area contributed by atoms with Crippen molar-refractivity contribution in [2.75, 3.05) is 11.5 Å². The summed E-state index contributed by atoms with van der Waals surface area (Å²) in [6.45, 7) is 6.81. The van der Waals surface area contributed by atoms with Gasteiger partial charge in [-0.1, -0.05) is 0 Å². The Morgan fingerprint density at radius 2 is 1.83 bits per heavy atom. The van der Waals surface area contributed by atoms with Crippen molar-refractivity contribution in [2.24, 2.45) is 0 Å². The zero-order valence-electron chi connectivity index (χ0n) is 10.0. The van der Waals surface area contributed by atoms with Gasteiger partial charge in [-0.25, -0.2) is 0 Å². The fraction of sp³-hybridized carbons (Fsp3) is 0.500. The molecule has 0 aromatic heterocycles. The van der Waals surface area contributed by atoms with Crippen molar-refractivity contribution in [1.29, 1.82) is 0 Å². The molecule has 0 aromatic carbocycles. The number of hydrogen-bond donors (Lipinski definition) is 0. The first-order chi connectivity index (χ1) is 8.65. The van der Waals surface area contributed by atoms with E-state index in [4.69, 9.17) is 0 Å². The number of rotatable bonds is 6. The van der Waals surface area contributed by atoms with Gasteiger partial charge in [0.1, 0.15) is 0 Å². The van der Waals surface area contributed by atoms with E-state index in [2.05, 4.69) is 17.9 Å². The zero-order valence-corrected chi connectivity index (χ0v) is 13.3. The first-order valence-electron chi connectivity index (χ1n) is 5.54. The molecule has 18 heavy (non-hydrogen) atoms. The van der Waals surface area contributed by atoms with E-state index in [0.29, 0.717) is 24.6 Å². The molecule has 0 radical (unpaired) electrons. The number of thioether (sulfide) groups is 2. The minimum absolute atomic E-state index is 0.0539. The van der Waals surface area contributed by atoms with Gasteiger partial charge in [0.25, 0.3) is 0 Å². The van der Waals surface area contributed by atoms with Crippen molar-refractivity contribution in [2.45, 2.75) is 22.5 Å². The second-order valence-corrected chi connectivity index (χ2v) is 8.99. The van der Waals surface area contributed by atoms with Crippen LogP contribution in [-0.2, 0) is 9.53 Å². The summed E-state index contributed by atoms with van der Waals surface area (Å²) in [4.78, 5) is 23.5. The van der Waals surface area contributed by atoms with Crippen molar-refractivity contribution in [3.63, 3.8) is 0 Å². The molecule has 2 unspecified atom stereocenters. The minimum atomic E-state index is -0.277. The Balaban J connectivity index is 2.16. The van der Waals surface area contributed by atoms with E-state index >= 15 is 0 Å². The van der Waals surface area contributed by atoms with Crippen molar-refractivity contribution in [3.8, 4) is 0 Å². The molecule has 0 aromatic rings. The molecule has 0 N–H and O–H groups in total. The van der Waals surface area contributed by atoms with Crippen LogP contribution in [0.3, 0.4) is 0 Å². The molecule has 1 rings (SSSR count). The molecule has 0 aliphatic carbocycles. The molecule has 6 heteroatoms. The maximum atomic E-state index is 11.2. The standard InChI is InChI=1S/C12H16O3S2Se/c1-3-11(13)16-7-9-5-6-10(18-9)8-17-12(14)15-4-2/h3-4,9-10H,1-2,5-8H2. The van der Waals surface area contributed by atoms with Gasteiger partial charge in [-0.3, -0.25) is 0 Å². The van der Waals surface area contributed by atoms with E-state index in [0.717, 1.165) is 24.2 Å². The van der Waals surface area contributed by atoms with E-state index in [1.165, 1.54) is 36.0 Å². The first kappa shape index (κ1) is 15.9. The van der Waals surface area contributed by atoms with Crippen LogP contribution in [-0.4, -0.2) is 36.9 Å². The Morgan fingerprint density at radius 1 is 1.22 bits per heavy atom. The average molecular weight is 351 g/mol. The van der Waals surface area contributed by atoms with Crippen LogP contribution in [0.25, 0.3) is 0 Å². The zero-order chi connectivity index (χ0) is 13.4. The molecule has 2 atom stereocenters. The van der Waals surface area contributed by atoms with Gasteiger partial charge in [0, 0.05) is 0 Å². The monoisotopic (exact) mass is 352 g/mol. The molecule has 1 saturated heterocycles. The summed E-state index contributed by atoms with van der Waals surface area (Å²) < 4.78 is 4.66. The Hall–Kier alpha value is -0.161. The molecule has 3 nitrogen and oxygen atoms in total. The molecular weight excluding hydrogens is 335 g/mol. The summed E-state index contributed by atoms with van der Waals surface area (Å²) in [7, 11) is 0. The van der Waals surface area contributed by atoms with E-state index in [9.17, 15) is 9.59 Å². The summed E-state index contributed by atoms with van der Waals surface area (Å²) in [5.41, 5.74) is 0. The molecular formula is C12H16O3S2Se. The summed E-state index contributed by atoms with van der Waals surface area (Å²) in [6, 6.07) is 0. The molecule has 1 aliphatic rings. The van der Waals surface area contributed by atoms with Crippen molar-refractivity contribution in [3.05, 3.63) is 25.5 Å². The predicted molar refractivity (Wildman–Crippen MR) is 79.3 cm³/mol. The summed E-state index contributed by atoms with van der Waals surface area (Å²) in [6.07, 6.45) is 4.85. The van der Waals surface area contributed by atoms with Crippen molar-refractivity contribution >= 4 is 48.9 Å². The molecule has 100 valence electrons. The molecule has 0 spiro atoms. The Bertz CT molecular complexity index is 333. The predicted octanol–water partition coefficient (Wildman–Crippen LogP) is 3.52. The van der Waals surface area contributed by atoms with Gasteiger partial charge in [-0.2, -0.15) is 0 Å². The van der Waals surface area contributed by atoms with Crippen LogP contribution in [0.5, 0.6) is 0 Å². The molecule has 1 fully saturated rings. The normalized spacial score (nSPS) is 22.4. The molecule has 1 heterocycles. The average Bonchev–Trinajstić information content (AvgIpc) is 2.82. The molecule has 0 amide bonds. The Morgan fingerprint density at radius 3 is 2.39 bits per heavy atom. The maximum absolute atomic E-state index is 11.2. The van der Waals surface area contributed by atoms with Crippen LogP contribution < -0.4 is 0 Å². The quantitative estimate of drug-likeness (QED) is 0.317. The fourth-order valence-corrected chi connectivity index (χ4v) is 7.07. The van der Waals surface area contributed by atoms with Gasteiger partial charge in [0.2, 0.25) is 0 Å². The Kier molecular flexibility index (Phi) is 7.82. The molecule has 0 saturated carbocycles. The van der Waals surface area contributed by atoms with Crippen molar-refractivity contribution < 1.29 is 14.3 Å². The number of carbonyl (C=O) groups excluding carboxylic acids is 2. The van der Waals surface area contributed by atoms with Crippen LogP contribution in [0.15, 0.2) is 25.5 Å². The van der Waals surface area contributed by atoms with Gasteiger partial charge in [-0.15, -0.1) is 0 Å². The summed E-state index contributed by atoms with van der Waals surface area (Å²) in [5.74, 6) is 1.71. The fourth-order valence-electron chi connectivity index (χ4n) is 1.52. The third-order valence-corrected chi connectivity index (χ3v) is 8.52.